The second-order valence-corrected chi connectivity index (χ2v) is 7.34. The average molecular weight is 405 g/mol. The third-order valence-electron chi connectivity index (χ3n) is 5.37. The number of amides is 1. The van der Waals surface area contributed by atoms with Crippen molar-refractivity contribution in [1.29, 1.82) is 0 Å². The summed E-state index contributed by atoms with van der Waals surface area (Å²) in [6.45, 7) is 11.2. The number of aromatic amines is 1. The number of H-pyrrole nitrogens is 1. The van der Waals surface area contributed by atoms with Crippen LogP contribution in [0.4, 0.5) is 5.69 Å². The number of nitrogens with zero attached hydrogens (tertiary/aromatic N) is 3. The van der Waals surface area contributed by atoms with E-state index in [0.29, 0.717) is 29.9 Å². The maximum atomic E-state index is 12.9. The zero-order chi connectivity index (χ0) is 21.8. The highest BCUT2D eigenvalue weighted by Gasteiger charge is 2.13. The maximum Gasteiger partial charge on any atom is 0.280 e. The summed E-state index contributed by atoms with van der Waals surface area (Å²) in [5, 5.41) is 3.12. The lowest BCUT2D eigenvalue weighted by atomic mass is 10.1. The number of hydrogen-bond acceptors (Lipinski definition) is 3. The molecule has 1 amide bonds. The molecule has 0 aliphatic rings. The Morgan fingerprint density at radius 1 is 1.03 bits per heavy atom. The Labute approximate surface area is 176 Å². The molecule has 0 aliphatic carbocycles. The van der Waals surface area contributed by atoms with Crippen molar-refractivity contribution < 1.29 is 4.79 Å². The fourth-order valence-electron chi connectivity index (χ4n) is 3.28. The molecule has 0 bridgehead atoms. The second kappa shape index (κ2) is 8.95. The van der Waals surface area contributed by atoms with Gasteiger partial charge in [-0.2, -0.15) is 0 Å². The molecule has 0 aliphatic heterocycles. The van der Waals surface area contributed by atoms with Crippen LogP contribution < -0.4 is 5.56 Å². The van der Waals surface area contributed by atoms with Gasteiger partial charge in [0.1, 0.15) is 0 Å². The van der Waals surface area contributed by atoms with E-state index in [9.17, 15) is 9.59 Å². The van der Waals surface area contributed by atoms with Crippen LogP contribution in [0.1, 0.15) is 46.6 Å². The number of nitrogens with one attached hydrogen (secondary N) is 1. The molecule has 1 heterocycles. The second-order valence-electron chi connectivity index (χ2n) is 7.34. The van der Waals surface area contributed by atoms with Crippen LogP contribution in [0.15, 0.2) is 52.3 Å². The average Bonchev–Trinajstić information content (AvgIpc) is 3.03. The summed E-state index contributed by atoms with van der Waals surface area (Å²) in [4.78, 5) is 31.5. The number of benzene rings is 2. The minimum atomic E-state index is -0.146. The standard InChI is InChI=1S/C24H28N4O2/c1-6-27(7-2)23(29)19-9-11-20(12-10-19)25-15-22-18(5)26-28(24(22)30)21-13-8-16(3)17(4)14-21/h8-15,26H,6-7H2,1-5H3. The molecular formula is C24H28N4O2. The number of aromatic nitrogens is 2. The summed E-state index contributed by atoms with van der Waals surface area (Å²) in [7, 11) is 0. The third-order valence-corrected chi connectivity index (χ3v) is 5.37. The van der Waals surface area contributed by atoms with Gasteiger partial charge in [-0.15, -0.1) is 0 Å². The molecule has 6 nitrogen and oxygen atoms in total. The van der Waals surface area contributed by atoms with E-state index in [2.05, 4.69) is 10.1 Å². The van der Waals surface area contributed by atoms with Crippen LogP contribution >= 0.6 is 0 Å². The molecule has 30 heavy (non-hydrogen) atoms. The van der Waals surface area contributed by atoms with Gasteiger partial charge >= 0.3 is 0 Å². The molecule has 6 heteroatoms. The van der Waals surface area contributed by atoms with E-state index in [1.165, 1.54) is 10.2 Å². The minimum absolute atomic E-state index is 0.00767. The third kappa shape index (κ3) is 4.27. The molecule has 156 valence electrons. The Balaban J connectivity index is 1.85. The highest BCUT2D eigenvalue weighted by atomic mass is 16.2. The maximum absolute atomic E-state index is 12.9. The quantitative estimate of drug-likeness (QED) is 0.622. The van der Waals surface area contributed by atoms with Crippen molar-refractivity contribution in [2.24, 2.45) is 4.99 Å². The first-order valence-electron chi connectivity index (χ1n) is 10.2. The van der Waals surface area contributed by atoms with Gasteiger partial charge in [-0.05, 0) is 82.1 Å². The molecule has 0 radical (unpaired) electrons. The van der Waals surface area contributed by atoms with Crippen LogP contribution in [0.25, 0.3) is 5.69 Å². The van der Waals surface area contributed by atoms with Crippen molar-refractivity contribution in [2.45, 2.75) is 34.6 Å². The molecular weight excluding hydrogens is 376 g/mol. The zero-order valence-electron chi connectivity index (χ0n) is 18.2. The molecule has 0 fully saturated rings. The fourth-order valence-corrected chi connectivity index (χ4v) is 3.28. The Kier molecular flexibility index (Phi) is 6.35. The van der Waals surface area contributed by atoms with E-state index >= 15 is 0 Å². The lowest BCUT2D eigenvalue weighted by Gasteiger charge is -2.18. The van der Waals surface area contributed by atoms with Crippen molar-refractivity contribution in [3.05, 3.63) is 80.8 Å². The minimum Gasteiger partial charge on any atom is -0.339 e. The van der Waals surface area contributed by atoms with E-state index in [4.69, 9.17) is 0 Å². The molecule has 0 saturated heterocycles. The Hall–Kier alpha value is -3.41. The topological polar surface area (TPSA) is 70.5 Å². The zero-order valence-corrected chi connectivity index (χ0v) is 18.2. The highest BCUT2D eigenvalue weighted by Crippen LogP contribution is 2.16. The normalized spacial score (nSPS) is 11.2. The summed E-state index contributed by atoms with van der Waals surface area (Å²) < 4.78 is 1.54. The van der Waals surface area contributed by atoms with Gasteiger partial charge in [-0.1, -0.05) is 6.07 Å². The van der Waals surface area contributed by atoms with E-state index in [-0.39, 0.29) is 11.5 Å². The number of carbonyl (C=O) groups excluding carboxylic acids is 1. The molecule has 0 unspecified atom stereocenters. The van der Waals surface area contributed by atoms with Crippen molar-refractivity contribution in [1.82, 2.24) is 14.7 Å². The van der Waals surface area contributed by atoms with Gasteiger partial charge in [0.25, 0.3) is 11.5 Å². The summed E-state index contributed by atoms with van der Waals surface area (Å²) in [6.07, 6.45) is 1.58. The number of aliphatic imine (C=N–C) groups is 1. The molecule has 0 saturated carbocycles. The van der Waals surface area contributed by atoms with Crippen LogP contribution in [-0.2, 0) is 0 Å². The van der Waals surface area contributed by atoms with E-state index in [1.807, 2.05) is 52.8 Å². The molecule has 1 N–H and O–H groups in total. The molecule has 3 aromatic rings. The van der Waals surface area contributed by atoms with Crippen molar-refractivity contribution in [3.8, 4) is 5.69 Å². The lowest BCUT2D eigenvalue weighted by Crippen LogP contribution is -2.30. The summed E-state index contributed by atoms with van der Waals surface area (Å²) in [5.74, 6) is 0.00767. The van der Waals surface area contributed by atoms with Gasteiger partial charge in [-0.25, -0.2) is 4.68 Å². The first-order valence-corrected chi connectivity index (χ1v) is 10.2. The van der Waals surface area contributed by atoms with Gasteiger partial charge < -0.3 is 4.90 Å². The summed E-state index contributed by atoms with van der Waals surface area (Å²) in [5.41, 5.74) is 5.53. The first kappa shape index (κ1) is 21.3. The van der Waals surface area contributed by atoms with Gasteiger partial charge in [0.05, 0.1) is 16.9 Å². The van der Waals surface area contributed by atoms with Crippen LogP contribution in [0.5, 0.6) is 0 Å². The smallest absolute Gasteiger partial charge is 0.280 e. The van der Waals surface area contributed by atoms with Crippen LogP contribution in [-0.4, -0.2) is 39.9 Å². The van der Waals surface area contributed by atoms with Crippen LogP contribution in [0.2, 0.25) is 0 Å². The molecule has 0 atom stereocenters. The van der Waals surface area contributed by atoms with Crippen molar-refractivity contribution in [2.75, 3.05) is 13.1 Å². The van der Waals surface area contributed by atoms with Crippen LogP contribution in [0, 0.1) is 20.8 Å². The van der Waals surface area contributed by atoms with E-state index in [1.54, 1.807) is 35.4 Å². The summed E-state index contributed by atoms with van der Waals surface area (Å²) >= 11 is 0. The number of aryl methyl sites for hydroxylation is 3. The SMILES string of the molecule is CCN(CC)C(=O)c1ccc(N=Cc2c(C)[nH]n(-c3ccc(C)c(C)c3)c2=O)cc1. The predicted molar refractivity (Wildman–Crippen MR) is 122 cm³/mol. The van der Waals surface area contributed by atoms with E-state index in [0.717, 1.165) is 16.9 Å². The number of carbonyl (C=O) groups is 1. The van der Waals surface area contributed by atoms with Crippen molar-refractivity contribution in [3.63, 3.8) is 0 Å². The van der Waals surface area contributed by atoms with E-state index < -0.39 is 0 Å². The monoisotopic (exact) mass is 404 g/mol. The van der Waals surface area contributed by atoms with Crippen LogP contribution in [0.3, 0.4) is 0 Å². The van der Waals surface area contributed by atoms with Gasteiger partial charge in [0.15, 0.2) is 0 Å². The number of rotatable bonds is 6. The largest absolute Gasteiger partial charge is 0.339 e. The predicted octanol–water partition coefficient (Wildman–Crippen LogP) is 4.32. The Morgan fingerprint density at radius 2 is 1.70 bits per heavy atom. The Morgan fingerprint density at radius 3 is 2.30 bits per heavy atom. The Bertz CT molecular complexity index is 1130. The van der Waals surface area contributed by atoms with Gasteiger partial charge in [-0.3, -0.25) is 19.7 Å². The van der Waals surface area contributed by atoms with Gasteiger partial charge in [0.2, 0.25) is 0 Å². The molecule has 2 aromatic carbocycles. The van der Waals surface area contributed by atoms with Crippen molar-refractivity contribution >= 4 is 17.8 Å². The lowest BCUT2D eigenvalue weighted by molar-refractivity contribution is 0.0773. The highest BCUT2D eigenvalue weighted by molar-refractivity contribution is 5.94. The first-order chi connectivity index (χ1) is 14.3. The van der Waals surface area contributed by atoms with Gasteiger partial charge in [0, 0.05) is 30.6 Å². The fraction of sp³-hybridized carbons (Fsp3) is 0.292. The summed E-state index contributed by atoms with van der Waals surface area (Å²) in [6, 6.07) is 13.0. The molecule has 3 rings (SSSR count). The molecule has 1 aromatic heterocycles. The number of hydrogen-bond donors (Lipinski definition) is 1. The molecule has 0 spiro atoms.